The maximum absolute atomic E-state index is 9.74. The van der Waals surface area contributed by atoms with Gasteiger partial charge >= 0.3 is 5.97 Å². The van der Waals surface area contributed by atoms with Crippen LogP contribution in [0.1, 0.15) is 13.3 Å². The Bertz CT molecular complexity index is 308. The summed E-state index contributed by atoms with van der Waals surface area (Å²) in [6.45, 7) is 1.45. The highest BCUT2D eigenvalue weighted by molar-refractivity contribution is 5.06. The first kappa shape index (κ1) is 13.1. The lowest BCUT2D eigenvalue weighted by Crippen LogP contribution is -2.63. The number of epoxide rings is 1. The number of nitrogens with two attached hydrogens (primary N) is 2. The molecule has 0 aromatic rings. The average Bonchev–Trinajstić information content (AvgIpc) is 2.72. The van der Waals surface area contributed by atoms with Crippen LogP contribution in [-0.2, 0) is 9.47 Å². The lowest BCUT2D eigenvalue weighted by Gasteiger charge is -2.40. The molecule has 0 aromatic heterocycles. The fourth-order valence-corrected chi connectivity index (χ4v) is 2.07. The number of aliphatic hydroxyl groups is 4. The van der Waals surface area contributed by atoms with Crippen LogP contribution in [0.2, 0.25) is 0 Å². The molecule has 0 aromatic carbocycles. The fourth-order valence-electron chi connectivity index (χ4n) is 2.07. The van der Waals surface area contributed by atoms with E-state index in [0.29, 0.717) is 0 Å². The molecule has 100 valence electrons. The predicted octanol–water partition coefficient (Wildman–Crippen LogP) is -3.46. The second-order valence-corrected chi connectivity index (χ2v) is 4.71. The van der Waals surface area contributed by atoms with Gasteiger partial charge in [0.15, 0.2) is 0 Å². The first-order valence-electron chi connectivity index (χ1n) is 5.40. The normalized spacial score (nSPS) is 47.8. The van der Waals surface area contributed by atoms with E-state index in [2.05, 4.69) is 4.74 Å². The zero-order chi connectivity index (χ0) is 13.0. The maximum atomic E-state index is 9.74. The van der Waals surface area contributed by atoms with Crippen molar-refractivity contribution in [1.82, 2.24) is 0 Å². The first-order chi connectivity index (χ1) is 7.70. The Morgan fingerprint density at radius 2 is 1.94 bits per heavy atom. The van der Waals surface area contributed by atoms with Crippen molar-refractivity contribution in [3.63, 3.8) is 0 Å². The van der Waals surface area contributed by atoms with Gasteiger partial charge in [0.2, 0.25) is 0 Å². The molecule has 6 atom stereocenters. The van der Waals surface area contributed by atoms with Gasteiger partial charge in [-0.2, -0.15) is 0 Å². The van der Waals surface area contributed by atoms with Crippen LogP contribution >= 0.6 is 0 Å². The molecular weight excluding hydrogens is 232 g/mol. The fraction of sp³-hybridized carbons (Fsp3) is 1.00. The molecule has 2 saturated heterocycles. The molecule has 0 unspecified atom stereocenters. The molecule has 0 amide bonds. The molecule has 8 heteroatoms. The van der Waals surface area contributed by atoms with Gasteiger partial charge < -0.3 is 36.6 Å². The predicted molar refractivity (Wildman–Crippen MR) is 54.1 cm³/mol. The van der Waals surface area contributed by atoms with Gasteiger partial charge in [-0.05, 0) is 6.92 Å². The Balaban J connectivity index is 2.16. The van der Waals surface area contributed by atoms with Crippen molar-refractivity contribution in [2.75, 3.05) is 0 Å². The second-order valence-electron chi connectivity index (χ2n) is 4.71. The van der Waals surface area contributed by atoms with E-state index in [1.54, 1.807) is 0 Å². The van der Waals surface area contributed by atoms with Gasteiger partial charge in [-0.25, -0.2) is 0 Å². The summed E-state index contributed by atoms with van der Waals surface area (Å²) in [5, 5.41) is 37.7. The molecule has 1 spiro atoms. The SMILES string of the molecule is C[C@H](O)[C@H](N)[C@@H]1O[C@]2(C[C@H](O)[C@@H]1N)OC2(O)O. The van der Waals surface area contributed by atoms with Crippen molar-refractivity contribution in [3.05, 3.63) is 0 Å². The summed E-state index contributed by atoms with van der Waals surface area (Å²) < 4.78 is 9.96. The van der Waals surface area contributed by atoms with Crippen molar-refractivity contribution >= 4 is 0 Å². The van der Waals surface area contributed by atoms with E-state index < -0.39 is 42.2 Å². The van der Waals surface area contributed by atoms with Crippen molar-refractivity contribution < 1.29 is 29.9 Å². The third-order valence-electron chi connectivity index (χ3n) is 3.33. The van der Waals surface area contributed by atoms with E-state index in [-0.39, 0.29) is 6.42 Å². The molecule has 8 N–H and O–H groups in total. The molecule has 2 fully saturated rings. The summed E-state index contributed by atoms with van der Waals surface area (Å²) in [5.74, 6) is -4.13. The lowest BCUT2D eigenvalue weighted by atomic mass is 9.90. The smallest absolute Gasteiger partial charge is 0.338 e. The van der Waals surface area contributed by atoms with Gasteiger partial charge in [-0.15, -0.1) is 0 Å². The summed E-state index contributed by atoms with van der Waals surface area (Å²) in [5.41, 5.74) is 11.4. The van der Waals surface area contributed by atoms with Crippen LogP contribution in [0.4, 0.5) is 0 Å². The third-order valence-corrected chi connectivity index (χ3v) is 3.33. The highest BCUT2D eigenvalue weighted by atomic mass is 17.0. The number of hydrogen-bond donors (Lipinski definition) is 6. The molecule has 0 radical (unpaired) electrons. The Morgan fingerprint density at radius 3 is 2.35 bits per heavy atom. The van der Waals surface area contributed by atoms with Crippen molar-refractivity contribution in [1.29, 1.82) is 0 Å². The molecular formula is C9H18N2O6. The summed E-state index contributed by atoms with van der Waals surface area (Å²) in [4.78, 5) is 0. The maximum Gasteiger partial charge on any atom is 0.338 e. The number of aliphatic hydroxyl groups excluding tert-OH is 2. The molecule has 2 aliphatic rings. The molecule has 2 aliphatic heterocycles. The van der Waals surface area contributed by atoms with E-state index >= 15 is 0 Å². The van der Waals surface area contributed by atoms with Crippen molar-refractivity contribution in [2.24, 2.45) is 11.5 Å². The van der Waals surface area contributed by atoms with E-state index in [4.69, 9.17) is 16.2 Å². The zero-order valence-corrected chi connectivity index (χ0v) is 9.35. The van der Waals surface area contributed by atoms with Gasteiger partial charge in [0.25, 0.3) is 5.79 Å². The molecule has 0 saturated carbocycles. The molecule has 2 heterocycles. The minimum absolute atomic E-state index is 0.163. The van der Waals surface area contributed by atoms with Crippen LogP contribution in [0.3, 0.4) is 0 Å². The summed E-state index contributed by atoms with van der Waals surface area (Å²) in [6.07, 6.45) is -3.07. The topological polar surface area (TPSA) is 155 Å². The van der Waals surface area contributed by atoms with Crippen LogP contribution in [-0.4, -0.2) is 62.6 Å². The van der Waals surface area contributed by atoms with Crippen LogP contribution in [0.25, 0.3) is 0 Å². The summed E-state index contributed by atoms with van der Waals surface area (Å²) in [7, 11) is 0. The van der Waals surface area contributed by atoms with Gasteiger partial charge in [-0.3, -0.25) is 4.74 Å². The largest absolute Gasteiger partial charge is 0.392 e. The second kappa shape index (κ2) is 3.84. The van der Waals surface area contributed by atoms with E-state index in [0.717, 1.165) is 0 Å². The average molecular weight is 250 g/mol. The zero-order valence-electron chi connectivity index (χ0n) is 9.35. The monoisotopic (exact) mass is 250 g/mol. The highest BCUT2D eigenvalue weighted by Gasteiger charge is 2.75. The van der Waals surface area contributed by atoms with Crippen molar-refractivity contribution in [3.8, 4) is 0 Å². The van der Waals surface area contributed by atoms with Crippen LogP contribution in [0.5, 0.6) is 0 Å². The quantitative estimate of drug-likeness (QED) is 0.218. The minimum Gasteiger partial charge on any atom is -0.392 e. The minimum atomic E-state index is -2.44. The van der Waals surface area contributed by atoms with Crippen molar-refractivity contribution in [2.45, 2.75) is 55.5 Å². The van der Waals surface area contributed by atoms with E-state index in [1.165, 1.54) is 6.92 Å². The van der Waals surface area contributed by atoms with Gasteiger partial charge in [0.1, 0.15) is 0 Å². The molecule has 0 aliphatic carbocycles. The van der Waals surface area contributed by atoms with Crippen LogP contribution in [0.15, 0.2) is 0 Å². The molecule has 8 nitrogen and oxygen atoms in total. The van der Waals surface area contributed by atoms with E-state index in [1.807, 2.05) is 0 Å². The van der Waals surface area contributed by atoms with Gasteiger partial charge in [-0.1, -0.05) is 0 Å². The Hall–Kier alpha value is -0.320. The Labute approximate surface area is 97.7 Å². The standard InChI is InChI=1S/C9H18N2O6/c1-3(12)5(10)7-6(11)4(13)2-8(16-7)9(14,15)17-8/h3-7,12-15H,2,10-11H2,1H3/t3-,4-,5-,6-,7-,8+/m0/s1. The summed E-state index contributed by atoms with van der Waals surface area (Å²) in [6, 6.07) is -1.69. The molecule has 0 bridgehead atoms. The third kappa shape index (κ3) is 1.96. The van der Waals surface area contributed by atoms with Crippen LogP contribution in [0, 0.1) is 0 Å². The number of ether oxygens (including phenoxy) is 2. The van der Waals surface area contributed by atoms with Gasteiger partial charge in [0, 0.05) is 6.42 Å². The first-order valence-corrected chi connectivity index (χ1v) is 5.40. The summed E-state index contributed by atoms with van der Waals surface area (Å²) >= 11 is 0. The van der Waals surface area contributed by atoms with Gasteiger partial charge in [0.05, 0.1) is 30.4 Å². The number of hydrogen-bond acceptors (Lipinski definition) is 8. The number of rotatable bonds is 2. The Morgan fingerprint density at radius 1 is 1.41 bits per heavy atom. The molecule has 17 heavy (non-hydrogen) atoms. The van der Waals surface area contributed by atoms with Crippen LogP contribution < -0.4 is 11.5 Å². The molecule has 2 rings (SSSR count). The highest BCUT2D eigenvalue weighted by Crippen LogP contribution is 2.51. The Kier molecular flexibility index (Phi) is 2.96. The van der Waals surface area contributed by atoms with E-state index in [9.17, 15) is 20.4 Å². The lowest BCUT2D eigenvalue weighted by molar-refractivity contribution is -0.211.